The molecule has 0 bridgehead atoms. The third-order valence-corrected chi connectivity index (χ3v) is 2.26. The second kappa shape index (κ2) is 3.43. The number of nitrogens with zero attached hydrogens (tertiary/aromatic N) is 1. The van der Waals surface area contributed by atoms with E-state index in [0.717, 1.165) is 0 Å². The molecular formula is C6H9NO5S. The molecule has 74 valence electrons. The average molecular weight is 207 g/mol. The summed E-state index contributed by atoms with van der Waals surface area (Å²) in [6, 6.07) is 0. The van der Waals surface area contributed by atoms with Gasteiger partial charge < -0.3 is 0 Å². The molecule has 1 fully saturated rings. The highest BCUT2D eigenvalue weighted by atomic mass is 32.2. The fourth-order valence-corrected chi connectivity index (χ4v) is 1.72. The van der Waals surface area contributed by atoms with Gasteiger partial charge in [-0.25, -0.2) is 0 Å². The quantitative estimate of drug-likeness (QED) is 0.481. The van der Waals surface area contributed by atoms with Crippen LogP contribution in [0.15, 0.2) is 0 Å². The minimum atomic E-state index is -4.31. The van der Waals surface area contributed by atoms with E-state index in [4.69, 9.17) is 4.55 Å². The van der Waals surface area contributed by atoms with Crippen LogP contribution in [0, 0.1) is 0 Å². The summed E-state index contributed by atoms with van der Waals surface area (Å²) >= 11 is 0. The van der Waals surface area contributed by atoms with Crippen LogP contribution in [0.3, 0.4) is 0 Å². The summed E-state index contributed by atoms with van der Waals surface area (Å²) in [6.45, 7) is 0. The first-order valence-electron chi connectivity index (χ1n) is 3.68. The zero-order chi connectivity index (χ0) is 10.1. The molecular weight excluding hydrogens is 198 g/mol. The van der Waals surface area contributed by atoms with Crippen molar-refractivity contribution in [3.05, 3.63) is 0 Å². The summed E-state index contributed by atoms with van der Waals surface area (Å²) in [7, 11) is -4.31. The van der Waals surface area contributed by atoms with Crippen LogP contribution in [-0.2, 0) is 19.7 Å². The van der Waals surface area contributed by atoms with Crippen molar-refractivity contribution in [2.24, 2.45) is 0 Å². The molecule has 0 radical (unpaired) electrons. The molecule has 0 aromatic carbocycles. The number of likely N-dealkylation sites (tertiary alicyclic amines) is 1. The molecule has 0 unspecified atom stereocenters. The zero-order valence-electron chi connectivity index (χ0n) is 6.76. The highest BCUT2D eigenvalue weighted by molar-refractivity contribution is 7.85. The maximum absolute atomic E-state index is 11.0. The lowest BCUT2D eigenvalue weighted by Gasteiger charge is -2.22. The topological polar surface area (TPSA) is 91.8 Å². The van der Waals surface area contributed by atoms with Gasteiger partial charge in [-0.1, -0.05) is 0 Å². The van der Waals surface area contributed by atoms with Crippen LogP contribution in [0.25, 0.3) is 0 Å². The lowest BCUT2D eigenvalue weighted by atomic mass is 10.1. The van der Waals surface area contributed by atoms with Crippen LogP contribution in [0.5, 0.6) is 0 Å². The largest absolute Gasteiger partial charge is 0.284 e. The Balaban J connectivity index is 2.76. The van der Waals surface area contributed by atoms with Gasteiger partial charge in [0.05, 0.1) is 0 Å². The van der Waals surface area contributed by atoms with Gasteiger partial charge in [0.2, 0.25) is 11.8 Å². The standard InChI is InChI=1S/C6H9NO5S/c8-5-2-1-3-6(9)7(5)4-13(10,11)12/h1-4H2,(H,10,11,12). The predicted octanol–water partition coefficient (Wildman–Crippen LogP) is -0.629. The van der Waals surface area contributed by atoms with Crippen molar-refractivity contribution in [3.63, 3.8) is 0 Å². The van der Waals surface area contributed by atoms with Crippen molar-refractivity contribution in [2.75, 3.05) is 5.88 Å². The lowest BCUT2D eigenvalue weighted by Crippen LogP contribution is -2.42. The highest BCUT2D eigenvalue weighted by Gasteiger charge is 2.29. The predicted molar refractivity (Wildman–Crippen MR) is 42.1 cm³/mol. The van der Waals surface area contributed by atoms with Crippen molar-refractivity contribution in [1.82, 2.24) is 4.90 Å². The van der Waals surface area contributed by atoms with E-state index < -0.39 is 27.8 Å². The summed E-state index contributed by atoms with van der Waals surface area (Å²) in [4.78, 5) is 22.6. The van der Waals surface area contributed by atoms with E-state index in [1.54, 1.807) is 0 Å². The second-order valence-corrected chi connectivity index (χ2v) is 4.20. The van der Waals surface area contributed by atoms with Crippen molar-refractivity contribution in [1.29, 1.82) is 0 Å². The van der Waals surface area contributed by atoms with Gasteiger partial charge in [0, 0.05) is 12.8 Å². The zero-order valence-corrected chi connectivity index (χ0v) is 7.58. The summed E-state index contributed by atoms with van der Waals surface area (Å²) in [5.74, 6) is -2.02. The fourth-order valence-electron chi connectivity index (χ4n) is 1.11. The summed E-state index contributed by atoms with van der Waals surface area (Å²) in [5, 5.41) is 0. The number of carbonyl (C=O) groups excluding carboxylic acids is 2. The van der Waals surface area contributed by atoms with E-state index in [-0.39, 0.29) is 12.8 Å². The molecule has 7 heteroatoms. The number of hydrogen-bond donors (Lipinski definition) is 1. The SMILES string of the molecule is O=C1CCCC(=O)N1CS(=O)(=O)O. The molecule has 0 spiro atoms. The lowest BCUT2D eigenvalue weighted by molar-refractivity contribution is -0.146. The first-order valence-corrected chi connectivity index (χ1v) is 5.29. The Hall–Kier alpha value is -0.950. The van der Waals surface area contributed by atoms with Gasteiger partial charge >= 0.3 is 0 Å². The maximum atomic E-state index is 11.0. The molecule has 1 aliphatic rings. The maximum Gasteiger partial charge on any atom is 0.283 e. The molecule has 1 rings (SSSR count). The van der Waals surface area contributed by atoms with E-state index in [0.29, 0.717) is 11.3 Å². The third-order valence-electron chi connectivity index (χ3n) is 1.68. The first-order chi connectivity index (χ1) is 5.90. The summed E-state index contributed by atoms with van der Waals surface area (Å²) in [6.07, 6.45) is 0.752. The Morgan fingerprint density at radius 2 is 1.69 bits per heavy atom. The van der Waals surface area contributed by atoms with E-state index >= 15 is 0 Å². The molecule has 1 heterocycles. The summed E-state index contributed by atoms with van der Waals surface area (Å²) < 4.78 is 29.2. The van der Waals surface area contributed by atoms with Gasteiger partial charge in [-0.05, 0) is 6.42 Å². The number of amides is 2. The van der Waals surface area contributed by atoms with Gasteiger partial charge in [0.15, 0.2) is 5.88 Å². The smallest absolute Gasteiger partial charge is 0.283 e. The van der Waals surface area contributed by atoms with Gasteiger partial charge in [0.25, 0.3) is 10.1 Å². The van der Waals surface area contributed by atoms with Crippen LogP contribution in [-0.4, -0.2) is 35.6 Å². The van der Waals surface area contributed by atoms with Gasteiger partial charge in [-0.15, -0.1) is 0 Å². The Labute approximate surface area is 75.3 Å². The monoisotopic (exact) mass is 207 g/mol. The third kappa shape index (κ3) is 2.78. The highest BCUT2D eigenvalue weighted by Crippen LogP contribution is 2.12. The van der Waals surface area contributed by atoms with Crippen molar-refractivity contribution < 1.29 is 22.6 Å². The molecule has 0 aromatic heterocycles. The molecule has 1 saturated heterocycles. The summed E-state index contributed by atoms with van der Waals surface area (Å²) in [5.41, 5.74) is 0. The van der Waals surface area contributed by atoms with Crippen LogP contribution in [0.4, 0.5) is 0 Å². The molecule has 6 nitrogen and oxygen atoms in total. The van der Waals surface area contributed by atoms with E-state index in [9.17, 15) is 18.0 Å². The Morgan fingerprint density at radius 3 is 2.08 bits per heavy atom. The Kier molecular flexibility index (Phi) is 2.67. The first kappa shape index (κ1) is 10.1. The van der Waals surface area contributed by atoms with Crippen molar-refractivity contribution >= 4 is 21.9 Å². The van der Waals surface area contributed by atoms with Crippen molar-refractivity contribution in [3.8, 4) is 0 Å². The molecule has 0 saturated carbocycles. The van der Waals surface area contributed by atoms with Crippen LogP contribution < -0.4 is 0 Å². The number of piperidine rings is 1. The second-order valence-electron chi connectivity index (χ2n) is 2.78. The number of rotatable bonds is 2. The van der Waals surface area contributed by atoms with Crippen LogP contribution in [0.1, 0.15) is 19.3 Å². The minimum Gasteiger partial charge on any atom is -0.284 e. The minimum absolute atomic E-state index is 0.154. The van der Waals surface area contributed by atoms with Gasteiger partial charge in [0.1, 0.15) is 0 Å². The van der Waals surface area contributed by atoms with Gasteiger partial charge in [-0.3, -0.25) is 19.0 Å². The van der Waals surface area contributed by atoms with Gasteiger partial charge in [-0.2, -0.15) is 8.42 Å². The Morgan fingerprint density at radius 1 is 1.23 bits per heavy atom. The average Bonchev–Trinajstić information content (AvgIpc) is 1.95. The number of hydrogen-bond acceptors (Lipinski definition) is 4. The number of carbonyl (C=O) groups is 2. The van der Waals surface area contributed by atoms with E-state index in [2.05, 4.69) is 0 Å². The molecule has 1 aliphatic heterocycles. The fraction of sp³-hybridized carbons (Fsp3) is 0.667. The molecule has 0 atom stereocenters. The Bertz CT molecular complexity index is 317. The molecule has 0 aromatic rings. The molecule has 13 heavy (non-hydrogen) atoms. The molecule has 0 aliphatic carbocycles. The van der Waals surface area contributed by atoms with Crippen LogP contribution in [0.2, 0.25) is 0 Å². The van der Waals surface area contributed by atoms with E-state index in [1.165, 1.54) is 0 Å². The van der Waals surface area contributed by atoms with Crippen LogP contribution >= 0.6 is 0 Å². The molecule has 2 amide bonds. The molecule has 1 N–H and O–H groups in total. The van der Waals surface area contributed by atoms with Crippen molar-refractivity contribution in [2.45, 2.75) is 19.3 Å². The normalized spacial score (nSPS) is 19.3. The number of imide groups is 1. The van der Waals surface area contributed by atoms with E-state index in [1.807, 2.05) is 0 Å².